The molecule has 0 heterocycles. The number of fused-ring (bicyclic) bond motifs is 1. The molecule has 0 spiro atoms. The number of hydrogen-bond acceptors (Lipinski definition) is 4. The van der Waals surface area contributed by atoms with Crippen LogP contribution in [0, 0.1) is 0 Å². The van der Waals surface area contributed by atoms with Crippen molar-refractivity contribution in [2.45, 2.75) is 24.7 Å². The highest BCUT2D eigenvalue weighted by Gasteiger charge is 2.19. The lowest BCUT2D eigenvalue weighted by atomic mass is 10.1. The van der Waals surface area contributed by atoms with E-state index in [1.807, 2.05) is 44.1 Å². The van der Waals surface area contributed by atoms with E-state index in [4.69, 9.17) is 0 Å². The molecule has 6 heteroatoms. The van der Waals surface area contributed by atoms with Crippen molar-refractivity contribution in [3.63, 3.8) is 0 Å². The summed E-state index contributed by atoms with van der Waals surface area (Å²) in [6, 6.07) is 10.7. The van der Waals surface area contributed by atoms with Gasteiger partial charge in [-0.05, 0) is 18.6 Å². The monoisotopic (exact) mass is 334 g/mol. The fourth-order valence-corrected chi connectivity index (χ4v) is 3.74. The molecule has 2 rings (SSSR count). The van der Waals surface area contributed by atoms with Gasteiger partial charge in [-0.25, -0.2) is 13.1 Å². The minimum atomic E-state index is -3.73. The van der Waals surface area contributed by atoms with E-state index in [0.717, 1.165) is 11.1 Å². The Bertz CT molecular complexity index is 814. The van der Waals surface area contributed by atoms with E-state index in [2.05, 4.69) is 4.72 Å². The maximum atomic E-state index is 12.6. The van der Waals surface area contributed by atoms with Gasteiger partial charge in [-0.15, -0.1) is 0 Å². The summed E-state index contributed by atoms with van der Waals surface area (Å²) in [5, 5.41) is 1.51. The highest BCUT2D eigenvalue weighted by Crippen LogP contribution is 2.29. The lowest BCUT2D eigenvalue weighted by Crippen LogP contribution is -2.29. The molecule has 0 unspecified atom stereocenters. The van der Waals surface area contributed by atoms with Gasteiger partial charge in [0.25, 0.3) is 0 Å². The largest absolute Gasteiger partial charge is 0.377 e. The number of sulfonamides is 1. The minimum Gasteiger partial charge on any atom is -0.377 e. The van der Waals surface area contributed by atoms with Crippen molar-refractivity contribution in [1.82, 2.24) is 4.72 Å². The molecule has 0 fully saturated rings. The second-order valence-electron chi connectivity index (χ2n) is 5.64. The van der Waals surface area contributed by atoms with Gasteiger partial charge in [0.1, 0.15) is 5.78 Å². The van der Waals surface area contributed by atoms with Crippen molar-refractivity contribution in [2.75, 3.05) is 25.5 Å². The molecule has 23 heavy (non-hydrogen) atoms. The Morgan fingerprint density at radius 2 is 1.74 bits per heavy atom. The standard InChI is InChI=1S/C17H22N2O3S/c1-4-7-13(20)12-18-23(21,22)17-11-6-8-14-15(17)9-5-10-16(14)19(2)3/h5-6,8-11,18H,4,7,12H2,1-3H3. The Labute approximate surface area is 137 Å². The van der Waals surface area contributed by atoms with Crippen LogP contribution in [0.1, 0.15) is 19.8 Å². The van der Waals surface area contributed by atoms with Gasteiger partial charge in [0, 0.05) is 37.0 Å². The summed E-state index contributed by atoms with van der Waals surface area (Å²) >= 11 is 0. The second-order valence-corrected chi connectivity index (χ2v) is 7.37. The summed E-state index contributed by atoms with van der Waals surface area (Å²) in [5.74, 6) is -0.106. The van der Waals surface area contributed by atoms with Gasteiger partial charge in [0.15, 0.2) is 0 Å². The van der Waals surface area contributed by atoms with Crippen LogP contribution in [-0.4, -0.2) is 34.8 Å². The number of anilines is 1. The Hall–Kier alpha value is -1.92. The van der Waals surface area contributed by atoms with Crippen LogP contribution in [0.25, 0.3) is 10.8 Å². The Morgan fingerprint density at radius 3 is 2.39 bits per heavy atom. The first-order chi connectivity index (χ1) is 10.9. The van der Waals surface area contributed by atoms with Gasteiger partial charge in [-0.1, -0.05) is 31.2 Å². The molecule has 0 aliphatic heterocycles. The first-order valence-electron chi connectivity index (χ1n) is 7.57. The molecule has 0 aliphatic carbocycles. The lowest BCUT2D eigenvalue weighted by Gasteiger charge is -2.17. The Balaban J connectivity index is 2.43. The topological polar surface area (TPSA) is 66.5 Å². The van der Waals surface area contributed by atoms with Crippen molar-refractivity contribution < 1.29 is 13.2 Å². The molecule has 0 aromatic heterocycles. The quantitative estimate of drug-likeness (QED) is 0.845. The smallest absolute Gasteiger partial charge is 0.241 e. The number of rotatable bonds is 7. The van der Waals surface area contributed by atoms with E-state index in [0.29, 0.717) is 18.2 Å². The van der Waals surface area contributed by atoms with Crippen molar-refractivity contribution in [2.24, 2.45) is 0 Å². The zero-order valence-corrected chi connectivity index (χ0v) is 14.5. The van der Waals surface area contributed by atoms with Crippen LogP contribution >= 0.6 is 0 Å². The summed E-state index contributed by atoms with van der Waals surface area (Å²) < 4.78 is 27.5. The zero-order chi connectivity index (χ0) is 17.0. The Morgan fingerprint density at radius 1 is 1.09 bits per heavy atom. The van der Waals surface area contributed by atoms with Gasteiger partial charge in [-0.3, -0.25) is 4.79 Å². The highest BCUT2D eigenvalue weighted by atomic mass is 32.2. The van der Waals surface area contributed by atoms with E-state index in [-0.39, 0.29) is 17.2 Å². The predicted molar refractivity (Wildman–Crippen MR) is 93.4 cm³/mol. The van der Waals surface area contributed by atoms with E-state index in [1.54, 1.807) is 18.2 Å². The molecular formula is C17H22N2O3S. The number of carbonyl (C=O) groups excluding carboxylic acids is 1. The average Bonchev–Trinajstić information content (AvgIpc) is 2.52. The number of Topliss-reactive ketones (excluding diaryl/α,β-unsaturated/α-hetero) is 1. The zero-order valence-electron chi connectivity index (χ0n) is 13.7. The minimum absolute atomic E-state index is 0.106. The van der Waals surface area contributed by atoms with Crippen LogP contribution in [0.5, 0.6) is 0 Å². The molecular weight excluding hydrogens is 312 g/mol. The van der Waals surface area contributed by atoms with Crippen molar-refractivity contribution >= 4 is 32.3 Å². The second kappa shape index (κ2) is 7.10. The summed E-state index contributed by atoms with van der Waals surface area (Å²) in [4.78, 5) is 13.7. The predicted octanol–water partition coefficient (Wildman–Crippen LogP) is 2.55. The first-order valence-corrected chi connectivity index (χ1v) is 9.05. The fourth-order valence-electron chi connectivity index (χ4n) is 2.51. The van der Waals surface area contributed by atoms with Gasteiger partial charge in [0.05, 0.1) is 11.4 Å². The lowest BCUT2D eigenvalue weighted by molar-refractivity contribution is -0.118. The van der Waals surface area contributed by atoms with Crippen LogP contribution in [0.4, 0.5) is 5.69 Å². The van der Waals surface area contributed by atoms with Gasteiger partial charge < -0.3 is 4.90 Å². The van der Waals surface area contributed by atoms with Crippen molar-refractivity contribution in [3.05, 3.63) is 36.4 Å². The van der Waals surface area contributed by atoms with E-state index >= 15 is 0 Å². The molecule has 0 aliphatic rings. The van der Waals surface area contributed by atoms with Gasteiger partial charge in [0.2, 0.25) is 10.0 Å². The Kier molecular flexibility index (Phi) is 5.38. The van der Waals surface area contributed by atoms with Crippen molar-refractivity contribution in [3.8, 4) is 0 Å². The average molecular weight is 334 g/mol. The number of benzene rings is 2. The molecule has 0 amide bonds. The van der Waals surface area contributed by atoms with Crippen LogP contribution < -0.4 is 9.62 Å². The first kappa shape index (κ1) is 17.4. The van der Waals surface area contributed by atoms with Crippen LogP contribution in [0.2, 0.25) is 0 Å². The molecule has 0 saturated carbocycles. The van der Waals surface area contributed by atoms with E-state index in [9.17, 15) is 13.2 Å². The number of carbonyl (C=O) groups is 1. The molecule has 5 nitrogen and oxygen atoms in total. The van der Waals surface area contributed by atoms with Crippen LogP contribution in [-0.2, 0) is 14.8 Å². The number of nitrogens with zero attached hydrogens (tertiary/aromatic N) is 1. The maximum Gasteiger partial charge on any atom is 0.241 e. The number of hydrogen-bond donors (Lipinski definition) is 1. The van der Waals surface area contributed by atoms with Gasteiger partial charge >= 0.3 is 0 Å². The van der Waals surface area contributed by atoms with Crippen LogP contribution in [0.3, 0.4) is 0 Å². The normalized spacial score (nSPS) is 11.6. The summed E-state index contributed by atoms with van der Waals surface area (Å²) in [5.41, 5.74) is 0.946. The number of nitrogens with one attached hydrogen (secondary N) is 1. The molecule has 2 aromatic carbocycles. The summed E-state index contributed by atoms with van der Waals surface area (Å²) in [6.45, 7) is 1.72. The third kappa shape index (κ3) is 3.89. The van der Waals surface area contributed by atoms with Gasteiger partial charge in [-0.2, -0.15) is 0 Å². The third-order valence-electron chi connectivity index (χ3n) is 3.62. The molecule has 0 bridgehead atoms. The molecule has 0 radical (unpaired) electrons. The third-order valence-corrected chi connectivity index (χ3v) is 5.08. The highest BCUT2D eigenvalue weighted by molar-refractivity contribution is 7.89. The fraction of sp³-hybridized carbons (Fsp3) is 0.353. The summed E-state index contributed by atoms with van der Waals surface area (Å²) in [6.07, 6.45) is 1.09. The van der Waals surface area contributed by atoms with Crippen LogP contribution in [0.15, 0.2) is 41.3 Å². The van der Waals surface area contributed by atoms with E-state index in [1.165, 1.54) is 0 Å². The van der Waals surface area contributed by atoms with Crippen molar-refractivity contribution in [1.29, 1.82) is 0 Å². The number of ketones is 1. The maximum absolute atomic E-state index is 12.6. The molecule has 124 valence electrons. The van der Waals surface area contributed by atoms with E-state index < -0.39 is 10.0 Å². The molecule has 0 saturated heterocycles. The molecule has 0 atom stereocenters. The SMILES string of the molecule is CCCC(=O)CNS(=O)(=O)c1cccc2c(N(C)C)cccc12. The molecule has 2 aromatic rings. The molecule has 1 N–H and O–H groups in total. The summed E-state index contributed by atoms with van der Waals surface area (Å²) in [7, 11) is 0.0965.